The summed E-state index contributed by atoms with van der Waals surface area (Å²) in [5.41, 5.74) is 9.39. The van der Waals surface area contributed by atoms with E-state index in [1.165, 1.54) is 0 Å². The fourth-order valence-electron chi connectivity index (χ4n) is 5.80. The van der Waals surface area contributed by atoms with Crippen molar-refractivity contribution < 1.29 is 27.5 Å². The van der Waals surface area contributed by atoms with E-state index in [1.807, 2.05) is 42.5 Å². The molecule has 0 saturated heterocycles. The van der Waals surface area contributed by atoms with Crippen LogP contribution in [0.1, 0.15) is 0 Å². The van der Waals surface area contributed by atoms with Crippen molar-refractivity contribution in [2.45, 2.75) is 0 Å². The first-order valence-corrected chi connectivity index (χ1v) is 13.6. The van der Waals surface area contributed by atoms with E-state index >= 15 is 0 Å². The van der Waals surface area contributed by atoms with Crippen molar-refractivity contribution >= 4 is 32.8 Å². The zero-order chi connectivity index (χ0) is 27.3. The minimum Gasteiger partial charge on any atom is -0.663 e. The first kappa shape index (κ1) is 26.1. The summed E-state index contributed by atoms with van der Waals surface area (Å²) < 4.78 is 2.11. The second-order valence-corrected chi connectivity index (χ2v) is 10.1. The molecule has 0 unspecified atom stereocenters. The summed E-state index contributed by atoms with van der Waals surface area (Å²) in [7, 11) is 0. The van der Waals surface area contributed by atoms with Gasteiger partial charge < -0.3 is 10.1 Å². The van der Waals surface area contributed by atoms with Crippen LogP contribution in [0.4, 0.5) is 0 Å². The van der Waals surface area contributed by atoms with Gasteiger partial charge in [0, 0.05) is 28.1 Å². The van der Waals surface area contributed by atoms with Gasteiger partial charge >= 0.3 is 0 Å². The third-order valence-corrected chi connectivity index (χ3v) is 7.68. The van der Waals surface area contributed by atoms with Crippen LogP contribution >= 0.6 is 0 Å². The van der Waals surface area contributed by atoms with E-state index in [4.69, 9.17) is 9.97 Å². The third kappa shape index (κ3) is 4.16. The van der Waals surface area contributed by atoms with E-state index in [0.29, 0.717) is 11.4 Å². The maximum absolute atomic E-state index is 10.8. The van der Waals surface area contributed by atoms with Crippen LogP contribution in [-0.2, 0) is 22.4 Å². The molecule has 1 N–H and O–H groups in total. The average molecular weight is 723 g/mol. The second-order valence-electron chi connectivity index (χ2n) is 10.1. The van der Waals surface area contributed by atoms with E-state index < -0.39 is 0 Å². The number of imidazole rings is 1. The minimum absolute atomic E-state index is 0. The van der Waals surface area contributed by atoms with Gasteiger partial charge in [-0.05, 0) is 41.1 Å². The van der Waals surface area contributed by atoms with Crippen LogP contribution in [0.2, 0.25) is 0 Å². The van der Waals surface area contributed by atoms with Crippen LogP contribution in [-0.4, -0.2) is 14.7 Å². The zero-order valence-corrected chi connectivity index (χ0v) is 24.5. The van der Waals surface area contributed by atoms with Crippen LogP contribution in [0.5, 0.6) is 5.75 Å². The molecule has 8 aromatic rings. The van der Waals surface area contributed by atoms with Crippen molar-refractivity contribution in [3.05, 3.63) is 140 Å². The second kappa shape index (κ2) is 10.5. The van der Waals surface area contributed by atoms with Gasteiger partial charge in [-0.25, -0.2) is 4.98 Å². The molecule has 42 heavy (non-hydrogen) atoms. The number of benzene rings is 6. The van der Waals surface area contributed by atoms with Gasteiger partial charge in [0.25, 0.3) is 0 Å². The Hall–Kier alpha value is -4.87. The van der Waals surface area contributed by atoms with Crippen LogP contribution in [0.3, 0.4) is 0 Å². The van der Waals surface area contributed by atoms with Gasteiger partial charge in [0.1, 0.15) is 11.6 Å². The monoisotopic (exact) mass is 722 g/mol. The molecule has 0 aliphatic carbocycles. The van der Waals surface area contributed by atoms with Gasteiger partial charge in [0.05, 0.1) is 16.6 Å². The molecule has 2 aromatic heterocycles. The molecule has 0 spiro atoms. The molecule has 205 valence electrons. The fourth-order valence-corrected chi connectivity index (χ4v) is 5.80. The Morgan fingerprint density at radius 3 is 2.10 bits per heavy atom. The quantitative estimate of drug-likeness (QED) is 0.146. The number of phenolic OH excluding ortho intramolecular Hbond substituents is 1. The number of aromatic hydroxyl groups is 1. The summed E-state index contributed by atoms with van der Waals surface area (Å²) in [5.74, 6) is 0.878. The SMILES string of the molecule is Oc1ccccc1-c1nc2c(-c3[c-]c(-c4cccc5c4[n-]c4ccccc45)ccc3)cccc2n1-c1ccccc1.[Au]. The number of rotatable bonds is 4. The summed E-state index contributed by atoms with van der Waals surface area (Å²) in [6.07, 6.45) is 0. The molecule has 6 aromatic carbocycles. The van der Waals surface area contributed by atoms with Crippen molar-refractivity contribution in [1.82, 2.24) is 14.5 Å². The van der Waals surface area contributed by atoms with Crippen molar-refractivity contribution in [2.75, 3.05) is 0 Å². The number of aromatic nitrogens is 3. The van der Waals surface area contributed by atoms with Crippen LogP contribution in [0.25, 0.3) is 72.2 Å². The summed E-state index contributed by atoms with van der Waals surface area (Å²) >= 11 is 0. The Morgan fingerprint density at radius 2 is 1.24 bits per heavy atom. The Kier molecular flexibility index (Phi) is 6.52. The maximum atomic E-state index is 10.8. The van der Waals surface area contributed by atoms with Crippen LogP contribution in [0.15, 0.2) is 133 Å². The molecule has 0 aliphatic heterocycles. The number of phenols is 1. The summed E-state index contributed by atoms with van der Waals surface area (Å²) in [5, 5.41) is 13.1. The number of hydrogen-bond acceptors (Lipinski definition) is 2. The first-order valence-electron chi connectivity index (χ1n) is 13.6. The van der Waals surface area contributed by atoms with Crippen LogP contribution < -0.4 is 4.98 Å². The molecule has 2 heterocycles. The fraction of sp³-hybridized carbons (Fsp3) is 0. The molecule has 0 bridgehead atoms. The Morgan fingerprint density at radius 1 is 0.595 bits per heavy atom. The summed E-state index contributed by atoms with van der Waals surface area (Å²) in [4.78, 5) is 10.1. The van der Waals surface area contributed by atoms with Gasteiger partial charge in [0.15, 0.2) is 0 Å². The smallest absolute Gasteiger partial charge is 0.148 e. The molecule has 0 fully saturated rings. The van der Waals surface area contributed by atoms with Crippen molar-refractivity contribution in [2.24, 2.45) is 0 Å². The maximum Gasteiger partial charge on any atom is 0.148 e. The Balaban J connectivity index is 0.00000288. The number of fused-ring (bicyclic) bond motifs is 4. The largest absolute Gasteiger partial charge is 0.663 e. The molecule has 0 amide bonds. The molecule has 4 nitrogen and oxygen atoms in total. The topological polar surface area (TPSA) is 52.2 Å². The van der Waals surface area contributed by atoms with Gasteiger partial charge in [0.2, 0.25) is 0 Å². The number of hydrogen-bond donors (Lipinski definition) is 1. The average Bonchev–Trinajstić information content (AvgIpc) is 3.61. The molecule has 5 heteroatoms. The number of para-hydroxylation sites is 5. The van der Waals surface area contributed by atoms with Gasteiger partial charge in [-0.3, -0.25) is 4.57 Å². The molecule has 8 rings (SSSR count). The van der Waals surface area contributed by atoms with Crippen molar-refractivity contribution in [1.29, 1.82) is 0 Å². The standard InChI is InChI=1S/C37H23N3O.Au/c41-34-22-7-5-16-31(34)37-39-36-28(18-10-21-33(36)40(37)26-13-2-1-3-14-26)25-12-8-11-24(23-25)27-17-9-19-30-29-15-4-6-20-32(29)38-35(27)30;/h1-22H,(H,39,41);/q-2;. The predicted molar refractivity (Wildman–Crippen MR) is 166 cm³/mol. The first-order chi connectivity index (χ1) is 20.3. The molecule has 1 radical (unpaired) electrons. The van der Waals surface area contributed by atoms with Gasteiger partial charge in [-0.15, -0.1) is 40.9 Å². The number of nitrogens with zero attached hydrogens (tertiary/aromatic N) is 3. The van der Waals surface area contributed by atoms with Crippen molar-refractivity contribution in [3.63, 3.8) is 0 Å². The van der Waals surface area contributed by atoms with E-state index in [-0.39, 0.29) is 28.1 Å². The van der Waals surface area contributed by atoms with E-state index in [1.54, 1.807) is 6.07 Å². The summed E-state index contributed by atoms with van der Waals surface area (Å²) in [6, 6.07) is 48.2. The van der Waals surface area contributed by atoms with Crippen LogP contribution in [0, 0.1) is 6.07 Å². The molecule has 0 atom stereocenters. The normalized spacial score (nSPS) is 11.2. The predicted octanol–water partition coefficient (Wildman–Crippen LogP) is 8.79. The molecular weight excluding hydrogens is 699 g/mol. The zero-order valence-electron chi connectivity index (χ0n) is 22.3. The van der Waals surface area contributed by atoms with Gasteiger partial charge in [-0.2, -0.15) is 5.52 Å². The minimum atomic E-state index is 0. The third-order valence-electron chi connectivity index (χ3n) is 7.68. The molecule has 0 saturated carbocycles. The Bertz CT molecular complexity index is 2230. The molecular formula is C37H23AuN3O-2. The summed E-state index contributed by atoms with van der Waals surface area (Å²) in [6.45, 7) is 0. The van der Waals surface area contributed by atoms with Crippen molar-refractivity contribution in [3.8, 4) is 45.1 Å². The van der Waals surface area contributed by atoms with Gasteiger partial charge in [-0.1, -0.05) is 96.1 Å². The Labute approximate surface area is 258 Å². The van der Waals surface area contributed by atoms with E-state index in [2.05, 4.69) is 95.6 Å². The van der Waals surface area contributed by atoms with E-state index in [9.17, 15) is 5.11 Å². The molecule has 0 aliphatic rings. The van der Waals surface area contributed by atoms with E-state index in [0.717, 1.165) is 60.8 Å².